The number of nitrogens with zero attached hydrogens (tertiary/aromatic N) is 1. The van der Waals surface area contributed by atoms with Gasteiger partial charge in [-0.2, -0.15) is 0 Å². The summed E-state index contributed by atoms with van der Waals surface area (Å²) in [7, 11) is 1.64. The van der Waals surface area contributed by atoms with E-state index in [1.807, 2.05) is 4.90 Å². The number of carbonyl (C=O) groups is 1. The molecule has 1 N–H and O–H groups in total. The molecule has 1 amide bonds. The van der Waals surface area contributed by atoms with Gasteiger partial charge in [-0.15, -0.1) is 0 Å². The summed E-state index contributed by atoms with van der Waals surface area (Å²) in [6.07, 6.45) is 5.90. The third-order valence-corrected chi connectivity index (χ3v) is 4.09. The largest absolute Gasteiger partial charge is 0.382 e. The molecule has 0 aliphatic carbocycles. The van der Waals surface area contributed by atoms with E-state index in [4.69, 9.17) is 9.47 Å². The first-order valence-corrected chi connectivity index (χ1v) is 7.42. The molecular weight excluding hydrogens is 244 g/mol. The molecular formula is C14H26N2O3. The maximum atomic E-state index is 12.3. The number of rotatable bonds is 6. The Hall–Kier alpha value is -0.650. The molecule has 19 heavy (non-hydrogen) atoms. The Bertz CT molecular complexity index is 280. The number of amides is 1. The summed E-state index contributed by atoms with van der Waals surface area (Å²) in [5, 5.41) is 3.53. The standard InChI is InChI=1S/C14H26N2O3/c1-18-9-10-19-11-14(17)16-8-3-2-6-13(16)12-5-4-7-15-12/h12-13,15H,2-11H2,1H3. The Balaban J connectivity index is 1.82. The molecule has 0 saturated carbocycles. The minimum absolute atomic E-state index is 0.134. The van der Waals surface area contributed by atoms with E-state index in [-0.39, 0.29) is 12.5 Å². The third-order valence-electron chi connectivity index (χ3n) is 4.09. The molecule has 0 aromatic carbocycles. The van der Waals surface area contributed by atoms with E-state index in [0.29, 0.717) is 25.3 Å². The molecule has 110 valence electrons. The van der Waals surface area contributed by atoms with Crippen LogP contribution in [0.3, 0.4) is 0 Å². The summed E-state index contributed by atoms with van der Waals surface area (Å²) in [6, 6.07) is 0.859. The molecule has 0 aromatic rings. The van der Waals surface area contributed by atoms with Gasteiger partial charge < -0.3 is 19.7 Å². The number of nitrogens with one attached hydrogen (secondary N) is 1. The van der Waals surface area contributed by atoms with Gasteiger partial charge >= 0.3 is 0 Å². The van der Waals surface area contributed by atoms with Crippen LogP contribution in [-0.2, 0) is 14.3 Å². The lowest BCUT2D eigenvalue weighted by atomic mass is 9.94. The van der Waals surface area contributed by atoms with E-state index >= 15 is 0 Å². The van der Waals surface area contributed by atoms with Gasteiger partial charge in [0.1, 0.15) is 6.61 Å². The molecule has 2 fully saturated rings. The van der Waals surface area contributed by atoms with Crippen molar-refractivity contribution < 1.29 is 14.3 Å². The Morgan fingerprint density at radius 3 is 2.89 bits per heavy atom. The second-order valence-corrected chi connectivity index (χ2v) is 5.40. The summed E-state index contributed by atoms with van der Waals surface area (Å²) < 4.78 is 10.3. The van der Waals surface area contributed by atoms with Gasteiger partial charge in [-0.3, -0.25) is 4.79 Å². The zero-order valence-electron chi connectivity index (χ0n) is 11.9. The lowest BCUT2D eigenvalue weighted by Gasteiger charge is -2.39. The van der Waals surface area contributed by atoms with Gasteiger partial charge in [0, 0.05) is 25.7 Å². The molecule has 5 nitrogen and oxygen atoms in total. The lowest BCUT2D eigenvalue weighted by molar-refractivity contribution is -0.141. The normalized spacial score (nSPS) is 27.7. The molecule has 2 aliphatic rings. The number of likely N-dealkylation sites (tertiary alicyclic amines) is 1. The number of ether oxygens (including phenoxy) is 2. The summed E-state index contributed by atoms with van der Waals surface area (Å²) >= 11 is 0. The van der Waals surface area contributed by atoms with Crippen molar-refractivity contribution in [2.45, 2.75) is 44.2 Å². The van der Waals surface area contributed by atoms with Crippen molar-refractivity contribution in [2.75, 3.05) is 40.0 Å². The molecule has 2 saturated heterocycles. The van der Waals surface area contributed by atoms with Crippen LogP contribution in [0.25, 0.3) is 0 Å². The second kappa shape index (κ2) is 7.82. The molecule has 2 unspecified atom stereocenters. The molecule has 0 bridgehead atoms. The average Bonchev–Trinajstić information content (AvgIpc) is 2.97. The highest BCUT2D eigenvalue weighted by Gasteiger charge is 2.33. The number of methoxy groups -OCH3 is 1. The lowest BCUT2D eigenvalue weighted by Crippen LogP contribution is -2.53. The van der Waals surface area contributed by atoms with Crippen molar-refractivity contribution >= 4 is 5.91 Å². The Morgan fingerprint density at radius 2 is 2.16 bits per heavy atom. The van der Waals surface area contributed by atoms with Crippen molar-refractivity contribution in [3.63, 3.8) is 0 Å². The van der Waals surface area contributed by atoms with E-state index in [2.05, 4.69) is 5.32 Å². The SMILES string of the molecule is COCCOCC(=O)N1CCCCC1C1CCCN1. The highest BCUT2D eigenvalue weighted by atomic mass is 16.5. The maximum Gasteiger partial charge on any atom is 0.248 e. The fraction of sp³-hybridized carbons (Fsp3) is 0.929. The monoisotopic (exact) mass is 270 g/mol. The Kier molecular flexibility index (Phi) is 6.07. The second-order valence-electron chi connectivity index (χ2n) is 5.40. The molecule has 0 spiro atoms. The van der Waals surface area contributed by atoms with E-state index in [1.54, 1.807) is 7.11 Å². The molecule has 0 radical (unpaired) electrons. The van der Waals surface area contributed by atoms with Crippen molar-refractivity contribution in [2.24, 2.45) is 0 Å². The first kappa shape index (κ1) is 14.8. The Labute approximate surface area is 115 Å². The van der Waals surface area contributed by atoms with Crippen LogP contribution >= 0.6 is 0 Å². The van der Waals surface area contributed by atoms with Crippen LogP contribution in [-0.4, -0.2) is 62.9 Å². The van der Waals surface area contributed by atoms with Crippen LogP contribution in [0.4, 0.5) is 0 Å². The molecule has 2 heterocycles. The van der Waals surface area contributed by atoms with Gasteiger partial charge in [0.2, 0.25) is 5.91 Å². The van der Waals surface area contributed by atoms with E-state index in [0.717, 1.165) is 25.9 Å². The van der Waals surface area contributed by atoms with Crippen LogP contribution in [0.5, 0.6) is 0 Å². The number of hydrogen-bond donors (Lipinski definition) is 1. The summed E-state index contributed by atoms with van der Waals surface area (Å²) in [5.41, 5.74) is 0. The predicted octanol–water partition coefficient (Wildman–Crippen LogP) is 0.783. The van der Waals surface area contributed by atoms with Crippen LogP contribution < -0.4 is 5.32 Å². The molecule has 2 rings (SSSR count). The number of piperidine rings is 1. The third kappa shape index (κ3) is 4.16. The fourth-order valence-corrected chi connectivity index (χ4v) is 3.11. The van der Waals surface area contributed by atoms with Crippen molar-refractivity contribution in [1.82, 2.24) is 10.2 Å². The van der Waals surface area contributed by atoms with E-state index < -0.39 is 0 Å². The van der Waals surface area contributed by atoms with Gasteiger partial charge in [-0.05, 0) is 38.6 Å². The summed E-state index contributed by atoms with van der Waals surface area (Å²) in [6.45, 7) is 3.19. The minimum atomic E-state index is 0.134. The van der Waals surface area contributed by atoms with Crippen molar-refractivity contribution in [1.29, 1.82) is 0 Å². The zero-order chi connectivity index (χ0) is 13.5. The van der Waals surface area contributed by atoms with Gasteiger partial charge in [0.05, 0.1) is 13.2 Å². The summed E-state index contributed by atoms with van der Waals surface area (Å²) in [5.74, 6) is 0.134. The van der Waals surface area contributed by atoms with Crippen molar-refractivity contribution in [3.8, 4) is 0 Å². The van der Waals surface area contributed by atoms with E-state index in [9.17, 15) is 4.79 Å². The quantitative estimate of drug-likeness (QED) is 0.725. The summed E-state index contributed by atoms with van der Waals surface area (Å²) in [4.78, 5) is 14.3. The van der Waals surface area contributed by atoms with Gasteiger partial charge in [0.25, 0.3) is 0 Å². The molecule has 2 aliphatic heterocycles. The molecule has 2 atom stereocenters. The topological polar surface area (TPSA) is 50.8 Å². The highest BCUT2D eigenvalue weighted by molar-refractivity contribution is 5.78. The predicted molar refractivity (Wildman–Crippen MR) is 73.1 cm³/mol. The smallest absolute Gasteiger partial charge is 0.248 e. The highest BCUT2D eigenvalue weighted by Crippen LogP contribution is 2.24. The number of carbonyl (C=O) groups excluding carboxylic acids is 1. The first-order chi connectivity index (χ1) is 9.33. The van der Waals surface area contributed by atoms with Crippen LogP contribution in [0, 0.1) is 0 Å². The fourth-order valence-electron chi connectivity index (χ4n) is 3.11. The Morgan fingerprint density at radius 1 is 1.26 bits per heavy atom. The zero-order valence-corrected chi connectivity index (χ0v) is 11.9. The number of hydrogen-bond acceptors (Lipinski definition) is 4. The van der Waals surface area contributed by atoms with Gasteiger partial charge in [-0.25, -0.2) is 0 Å². The van der Waals surface area contributed by atoms with Crippen molar-refractivity contribution in [3.05, 3.63) is 0 Å². The van der Waals surface area contributed by atoms with Gasteiger partial charge in [-0.1, -0.05) is 0 Å². The van der Waals surface area contributed by atoms with Crippen LogP contribution in [0.1, 0.15) is 32.1 Å². The first-order valence-electron chi connectivity index (χ1n) is 7.42. The van der Waals surface area contributed by atoms with E-state index in [1.165, 1.54) is 19.3 Å². The molecule has 5 heteroatoms. The van der Waals surface area contributed by atoms with Crippen LogP contribution in [0.2, 0.25) is 0 Å². The average molecular weight is 270 g/mol. The van der Waals surface area contributed by atoms with Crippen LogP contribution in [0.15, 0.2) is 0 Å². The molecule has 0 aromatic heterocycles. The van der Waals surface area contributed by atoms with Gasteiger partial charge in [0.15, 0.2) is 0 Å². The minimum Gasteiger partial charge on any atom is -0.382 e. The maximum absolute atomic E-state index is 12.3.